The lowest BCUT2D eigenvalue weighted by molar-refractivity contribution is 0.0689. The Morgan fingerprint density at radius 2 is 2.10 bits per heavy atom. The summed E-state index contributed by atoms with van der Waals surface area (Å²) in [6.45, 7) is 4.86. The van der Waals surface area contributed by atoms with Crippen LogP contribution in [-0.4, -0.2) is 52.5 Å². The Hall–Kier alpha value is -1.95. The van der Waals surface area contributed by atoms with Crippen LogP contribution in [0.15, 0.2) is 18.3 Å². The molecule has 2 heterocycles. The number of hydrogen-bond acceptors (Lipinski definition) is 4. The minimum absolute atomic E-state index is 0.0630. The molecule has 1 aromatic heterocycles. The quantitative estimate of drug-likeness (QED) is 0.839. The van der Waals surface area contributed by atoms with Crippen LogP contribution in [0.1, 0.15) is 40.6 Å². The van der Waals surface area contributed by atoms with Crippen LogP contribution in [0, 0.1) is 0 Å². The molecule has 1 aliphatic rings. The number of nitrogens with zero attached hydrogens (tertiary/aromatic N) is 2. The van der Waals surface area contributed by atoms with Crippen molar-refractivity contribution in [1.29, 1.82) is 0 Å². The first-order valence-corrected chi connectivity index (χ1v) is 6.79. The van der Waals surface area contributed by atoms with Crippen LogP contribution >= 0.6 is 0 Å². The Labute approximate surface area is 117 Å². The monoisotopic (exact) mass is 277 g/mol. The highest BCUT2D eigenvalue weighted by atomic mass is 16.4. The maximum Gasteiger partial charge on any atom is 0.354 e. The maximum atomic E-state index is 11.9. The topological polar surface area (TPSA) is 82.5 Å². The third-order valence-electron chi connectivity index (χ3n) is 3.57. The van der Waals surface area contributed by atoms with E-state index >= 15 is 0 Å². The van der Waals surface area contributed by atoms with Gasteiger partial charge in [-0.2, -0.15) is 0 Å². The maximum absolute atomic E-state index is 11.9. The molecule has 1 saturated heterocycles. The van der Waals surface area contributed by atoms with Crippen molar-refractivity contribution in [3.63, 3.8) is 0 Å². The molecule has 1 unspecified atom stereocenters. The summed E-state index contributed by atoms with van der Waals surface area (Å²) in [6, 6.07) is 3.13. The van der Waals surface area contributed by atoms with Gasteiger partial charge in [0.25, 0.3) is 5.91 Å². The lowest BCUT2D eigenvalue weighted by atomic mass is 10.2. The molecule has 6 heteroatoms. The van der Waals surface area contributed by atoms with Crippen molar-refractivity contribution in [3.8, 4) is 0 Å². The molecule has 2 rings (SSSR count). The van der Waals surface area contributed by atoms with E-state index < -0.39 is 5.97 Å². The standard InChI is InChI=1S/C14H19N3O3/c1-10(17-6-2-3-7-17)8-16-13(18)11-4-5-12(14(19)20)15-9-11/h4-5,9-10H,2-3,6-8H2,1H3,(H,16,18)(H,19,20). The lowest BCUT2D eigenvalue weighted by Crippen LogP contribution is -2.40. The van der Waals surface area contributed by atoms with Crippen molar-refractivity contribution < 1.29 is 14.7 Å². The number of carboxylic acid groups (broad SMARTS) is 1. The zero-order valence-corrected chi connectivity index (χ0v) is 11.5. The van der Waals surface area contributed by atoms with Crippen LogP contribution in [0.3, 0.4) is 0 Å². The molecule has 1 amide bonds. The molecule has 0 aliphatic carbocycles. The molecule has 0 bridgehead atoms. The van der Waals surface area contributed by atoms with Gasteiger partial charge in [-0.1, -0.05) is 0 Å². The van der Waals surface area contributed by atoms with E-state index in [-0.39, 0.29) is 11.6 Å². The summed E-state index contributed by atoms with van der Waals surface area (Å²) in [5, 5.41) is 11.6. The van der Waals surface area contributed by atoms with Crippen molar-refractivity contribution in [1.82, 2.24) is 15.2 Å². The fraction of sp³-hybridized carbons (Fsp3) is 0.500. The Balaban J connectivity index is 1.86. The summed E-state index contributed by atoms with van der Waals surface area (Å²) in [5.74, 6) is -1.32. The van der Waals surface area contributed by atoms with E-state index in [2.05, 4.69) is 22.1 Å². The molecule has 2 N–H and O–H groups in total. The van der Waals surface area contributed by atoms with Crippen LogP contribution in [0.25, 0.3) is 0 Å². The largest absolute Gasteiger partial charge is 0.477 e. The Bertz CT molecular complexity index is 481. The molecule has 0 radical (unpaired) electrons. The third kappa shape index (κ3) is 3.54. The molecule has 6 nitrogen and oxygen atoms in total. The van der Waals surface area contributed by atoms with Crippen molar-refractivity contribution >= 4 is 11.9 Å². The van der Waals surface area contributed by atoms with Crippen molar-refractivity contribution in [3.05, 3.63) is 29.6 Å². The fourth-order valence-corrected chi connectivity index (χ4v) is 2.31. The first kappa shape index (κ1) is 14.5. The second kappa shape index (κ2) is 6.47. The molecule has 108 valence electrons. The van der Waals surface area contributed by atoms with E-state index in [0.717, 1.165) is 13.1 Å². The Kier molecular flexibility index (Phi) is 4.68. The Morgan fingerprint density at radius 1 is 1.40 bits per heavy atom. The van der Waals surface area contributed by atoms with Gasteiger partial charge in [0.2, 0.25) is 0 Å². The van der Waals surface area contributed by atoms with Crippen molar-refractivity contribution in [2.75, 3.05) is 19.6 Å². The first-order valence-electron chi connectivity index (χ1n) is 6.79. The number of carbonyl (C=O) groups is 2. The van der Waals surface area contributed by atoms with Crippen LogP contribution in [-0.2, 0) is 0 Å². The van der Waals surface area contributed by atoms with E-state index in [1.807, 2.05) is 0 Å². The molecule has 0 aromatic carbocycles. The number of pyridine rings is 1. The number of nitrogens with one attached hydrogen (secondary N) is 1. The number of hydrogen-bond donors (Lipinski definition) is 2. The molecular formula is C14H19N3O3. The van der Waals surface area contributed by atoms with E-state index in [1.54, 1.807) is 0 Å². The number of aromatic carboxylic acids is 1. The highest BCUT2D eigenvalue weighted by Crippen LogP contribution is 2.10. The highest BCUT2D eigenvalue weighted by molar-refractivity contribution is 5.94. The van der Waals surface area contributed by atoms with E-state index in [9.17, 15) is 9.59 Å². The zero-order valence-electron chi connectivity index (χ0n) is 11.5. The second-order valence-corrected chi connectivity index (χ2v) is 5.04. The van der Waals surface area contributed by atoms with Gasteiger partial charge >= 0.3 is 5.97 Å². The summed E-state index contributed by atoms with van der Waals surface area (Å²) in [6.07, 6.45) is 3.73. The van der Waals surface area contributed by atoms with Crippen molar-refractivity contribution in [2.24, 2.45) is 0 Å². The molecular weight excluding hydrogens is 258 g/mol. The molecule has 1 aromatic rings. The van der Waals surface area contributed by atoms with Gasteiger partial charge in [-0.15, -0.1) is 0 Å². The van der Waals surface area contributed by atoms with Gasteiger partial charge in [0.15, 0.2) is 0 Å². The van der Waals surface area contributed by atoms with Gasteiger partial charge in [-0.25, -0.2) is 9.78 Å². The fourth-order valence-electron chi connectivity index (χ4n) is 2.31. The number of carboxylic acids is 1. The van der Waals surface area contributed by atoms with E-state index in [4.69, 9.17) is 5.11 Å². The number of amides is 1. The molecule has 0 saturated carbocycles. The van der Waals surface area contributed by atoms with Gasteiger partial charge in [0.05, 0.1) is 5.56 Å². The first-order chi connectivity index (χ1) is 9.58. The molecule has 1 atom stereocenters. The summed E-state index contributed by atoms with van der Waals surface area (Å²) in [5.41, 5.74) is 0.315. The second-order valence-electron chi connectivity index (χ2n) is 5.04. The summed E-state index contributed by atoms with van der Waals surface area (Å²) < 4.78 is 0. The molecule has 20 heavy (non-hydrogen) atoms. The molecule has 1 aliphatic heterocycles. The average molecular weight is 277 g/mol. The predicted molar refractivity (Wildman–Crippen MR) is 73.8 cm³/mol. The van der Waals surface area contributed by atoms with Crippen LogP contribution < -0.4 is 5.32 Å². The van der Waals surface area contributed by atoms with Gasteiger partial charge in [-0.3, -0.25) is 9.69 Å². The predicted octanol–water partition coefficient (Wildman–Crippen LogP) is 0.994. The summed E-state index contributed by atoms with van der Waals surface area (Å²) in [4.78, 5) is 28.7. The Morgan fingerprint density at radius 3 is 2.65 bits per heavy atom. The lowest BCUT2D eigenvalue weighted by Gasteiger charge is -2.23. The van der Waals surface area contributed by atoms with Gasteiger partial charge in [-0.05, 0) is 45.0 Å². The number of carbonyl (C=O) groups excluding carboxylic acids is 1. The zero-order chi connectivity index (χ0) is 14.5. The summed E-state index contributed by atoms with van der Waals surface area (Å²) >= 11 is 0. The SMILES string of the molecule is CC(CNC(=O)c1ccc(C(=O)O)nc1)N1CCCC1. The average Bonchev–Trinajstić information content (AvgIpc) is 2.98. The van der Waals surface area contributed by atoms with Crippen LogP contribution in [0.4, 0.5) is 0 Å². The number of rotatable bonds is 5. The number of likely N-dealkylation sites (tertiary alicyclic amines) is 1. The van der Waals surface area contributed by atoms with Gasteiger partial charge in [0, 0.05) is 18.8 Å². The highest BCUT2D eigenvalue weighted by Gasteiger charge is 2.18. The molecule has 0 spiro atoms. The van der Waals surface area contributed by atoms with E-state index in [1.165, 1.54) is 31.2 Å². The van der Waals surface area contributed by atoms with E-state index in [0.29, 0.717) is 18.2 Å². The third-order valence-corrected chi connectivity index (χ3v) is 3.57. The van der Waals surface area contributed by atoms with Crippen LogP contribution in [0.2, 0.25) is 0 Å². The smallest absolute Gasteiger partial charge is 0.354 e. The van der Waals surface area contributed by atoms with Gasteiger partial charge in [0.1, 0.15) is 5.69 Å². The summed E-state index contributed by atoms with van der Waals surface area (Å²) in [7, 11) is 0. The minimum Gasteiger partial charge on any atom is -0.477 e. The molecule has 1 fully saturated rings. The van der Waals surface area contributed by atoms with Crippen LogP contribution in [0.5, 0.6) is 0 Å². The normalized spacial score (nSPS) is 16.9. The number of aromatic nitrogens is 1. The minimum atomic E-state index is -1.10. The van der Waals surface area contributed by atoms with Gasteiger partial charge < -0.3 is 10.4 Å². The van der Waals surface area contributed by atoms with Crippen molar-refractivity contribution in [2.45, 2.75) is 25.8 Å².